The number of rotatable bonds is 5. The number of hydrogen-bond acceptors (Lipinski definition) is 5. The van der Waals surface area contributed by atoms with Crippen molar-refractivity contribution in [1.29, 1.82) is 0 Å². The maximum atomic E-state index is 13.4. The first-order valence-corrected chi connectivity index (χ1v) is 7.73. The van der Waals surface area contributed by atoms with Crippen LogP contribution in [0.15, 0.2) is 27.4 Å². The highest BCUT2D eigenvalue weighted by atomic mass is 32.2. The Morgan fingerprint density at radius 2 is 2.21 bits per heavy atom. The Kier molecular flexibility index (Phi) is 4.90. The lowest BCUT2D eigenvalue weighted by molar-refractivity contribution is 0.609. The van der Waals surface area contributed by atoms with Gasteiger partial charge in [-0.25, -0.2) is 4.39 Å². The Morgan fingerprint density at radius 3 is 2.84 bits per heavy atom. The molecule has 6 heteroatoms. The third kappa shape index (κ3) is 3.99. The molecule has 0 aliphatic heterocycles. The molecule has 0 saturated heterocycles. The van der Waals surface area contributed by atoms with E-state index in [-0.39, 0.29) is 11.9 Å². The lowest BCUT2D eigenvalue weighted by Gasteiger charge is -2.12. The summed E-state index contributed by atoms with van der Waals surface area (Å²) < 4.78 is 14.2. The topological polar surface area (TPSA) is 51.8 Å². The first-order valence-electron chi connectivity index (χ1n) is 6.10. The van der Waals surface area contributed by atoms with Gasteiger partial charge in [-0.3, -0.25) is 0 Å². The zero-order chi connectivity index (χ0) is 13.8. The van der Waals surface area contributed by atoms with Crippen molar-refractivity contribution < 1.29 is 4.39 Å². The highest BCUT2D eigenvalue weighted by Crippen LogP contribution is 2.33. The van der Waals surface area contributed by atoms with E-state index in [0.717, 1.165) is 26.2 Å². The molecule has 1 aromatic carbocycles. The molecule has 0 fully saturated rings. The maximum absolute atomic E-state index is 13.4. The fraction of sp³-hybridized carbons (Fsp3) is 0.385. The normalized spacial score (nSPS) is 12.6. The van der Waals surface area contributed by atoms with E-state index in [1.807, 2.05) is 13.8 Å². The lowest BCUT2D eigenvalue weighted by atomic mass is 10.0. The second kappa shape index (κ2) is 6.45. The molecule has 1 atom stereocenters. The van der Waals surface area contributed by atoms with Gasteiger partial charge in [0.25, 0.3) is 0 Å². The number of aryl methyl sites for hydroxylation is 1. The van der Waals surface area contributed by atoms with Gasteiger partial charge in [-0.2, -0.15) is 0 Å². The zero-order valence-corrected chi connectivity index (χ0v) is 12.5. The van der Waals surface area contributed by atoms with Gasteiger partial charge < -0.3 is 5.73 Å². The Bertz CT molecular complexity index is 557. The molecule has 0 aliphatic rings. The molecular formula is C13H16FN3S2. The summed E-state index contributed by atoms with van der Waals surface area (Å²) >= 11 is 3.05. The number of aromatic nitrogens is 2. The molecular weight excluding hydrogens is 281 g/mol. The SMILES string of the molecule is CCC(N)Cc1cc(F)ccc1Sc1nnc(C)s1. The van der Waals surface area contributed by atoms with Crippen molar-refractivity contribution >= 4 is 23.1 Å². The molecule has 0 radical (unpaired) electrons. The van der Waals surface area contributed by atoms with Crippen molar-refractivity contribution in [3.05, 3.63) is 34.6 Å². The van der Waals surface area contributed by atoms with Gasteiger partial charge in [-0.15, -0.1) is 10.2 Å². The molecule has 0 saturated carbocycles. The maximum Gasteiger partial charge on any atom is 0.179 e. The molecule has 0 aliphatic carbocycles. The van der Waals surface area contributed by atoms with Gasteiger partial charge in [-0.05, 0) is 43.5 Å². The largest absolute Gasteiger partial charge is 0.327 e. The smallest absolute Gasteiger partial charge is 0.179 e. The van der Waals surface area contributed by atoms with Crippen LogP contribution >= 0.6 is 23.1 Å². The van der Waals surface area contributed by atoms with Crippen LogP contribution in [0.1, 0.15) is 23.9 Å². The molecule has 1 unspecified atom stereocenters. The van der Waals surface area contributed by atoms with Crippen LogP contribution < -0.4 is 5.73 Å². The van der Waals surface area contributed by atoms with Gasteiger partial charge >= 0.3 is 0 Å². The van der Waals surface area contributed by atoms with Crippen LogP contribution in [0.4, 0.5) is 4.39 Å². The summed E-state index contributed by atoms with van der Waals surface area (Å²) in [5, 5.41) is 8.99. The first-order chi connectivity index (χ1) is 9.08. The summed E-state index contributed by atoms with van der Waals surface area (Å²) in [5.74, 6) is -0.226. The zero-order valence-electron chi connectivity index (χ0n) is 10.9. The molecule has 19 heavy (non-hydrogen) atoms. The van der Waals surface area contributed by atoms with Crippen molar-refractivity contribution in [1.82, 2.24) is 10.2 Å². The fourth-order valence-corrected chi connectivity index (χ4v) is 3.54. The van der Waals surface area contributed by atoms with Crippen molar-refractivity contribution in [2.24, 2.45) is 5.73 Å². The average Bonchev–Trinajstić information content (AvgIpc) is 2.78. The minimum Gasteiger partial charge on any atom is -0.327 e. The number of nitrogens with two attached hydrogens (primary N) is 1. The van der Waals surface area contributed by atoms with Crippen LogP contribution in [0.5, 0.6) is 0 Å². The summed E-state index contributed by atoms with van der Waals surface area (Å²) in [5.41, 5.74) is 6.90. The highest BCUT2D eigenvalue weighted by Gasteiger charge is 2.11. The molecule has 0 spiro atoms. The van der Waals surface area contributed by atoms with Crippen LogP contribution in [-0.2, 0) is 6.42 Å². The predicted molar refractivity (Wildman–Crippen MR) is 77.1 cm³/mol. The van der Waals surface area contributed by atoms with Crippen LogP contribution in [0.3, 0.4) is 0 Å². The minimum absolute atomic E-state index is 0.0531. The second-order valence-electron chi connectivity index (χ2n) is 4.31. The molecule has 1 aromatic heterocycles. The molecule has 102 valence electrons. The highest BCUT2D eigenvalue weighted by molar-refractivity contribution is 8.01. The molecule has 1 heterocycles. The number of halogens is 1. The number of benzene rings is 1. The van der Waals surface area contributed by atoms with Crippen LogP contribution in [0.25, 0.3) is 0 Å². The summed E-state index contributed by atoms with van der Waals surface area (Å²) in [6.07, 6.45) is 1.55. The van der Waals surface area contributed by atoms with Crippen molar-refractivity contribution in [2.75, 3.05) is 0 Å². The van der Waals surface area contributed by atoms with E-state index in [2.05, 4.69) is 10.2 Å². The minimum atomic E-state index is -0.226. The van der Waals surface area contributed by atoms with Crippen molar-refractivity contribution in [2.45, 2.75) is 42.0 Å². The monoisotopic (exact) mass is 297 g/mol. The molecule has 0 amide bonds. The van der Waals surface area contributed by atoms with Gasteiger partial charge in [-0.1, -0.05) is 30.0 Å². The van der Waals surface area contributed by atoms with Crippen molar-refractivity contribution in [3.8, 4) is 0 Å². The van der Waals surface area contributed by atoms with E-state index in [9.17, 15) is 4.39 Å². The third-order valence-electron chi connectivity index (χ3n) is 2.73. The first kappa shape index (κ1) is 14.4. The van der Waals surface area contributed by atoms with E-state index < -0.39 is 0 Å². The molecule has 2 rings (SSSR count). The van der Waals surface area contributed by atoms with Crippen LogP contribution in [0.2, 0.25) is 0 Å². The number of hydrogen-bond donors (Lipinski definition) is 1. The Morgan fingerprint density at radius 1 is 1.42 bits per heavy atom. The van der Waals surface area contributed by atoms with Gasteiger partial charge in [0, 0.05) is 10.9 Å². The van der Waals surface area contributed by atoms with Crippen molar-refractivity contribution in [3.63, 3.8) is 0 Å². The van der Waals surface area contributed by atoms with E-state index in [0.29, 0.717) is 6.42 Å². The van der Waals surface area contributed by atoms with E-state index in [1.54, 1.807) is 12.1 Å². The average molecular weight is 297 g/mol. The Hall–Kier alpha value is -0.980. The lowest BCUT2D eigenvalue weighted by Crippen LogP contribution is -2.21. The van der Waals surface area contributed by atoms with Gasteiger partial charge in [0.2, 0.25) is 0 Å². The van der Waals surface area contributed by atoms with Crippen LogP contribution in [-0.4, -0.2) is 16.2 Å². The van der Waals surface area contributed by atoms with Gasteiger partial charge in [0.15, 0.2) is 4.34 Å². The molecule has 2 aromatic rings. The van der Waals surface area contributed by atoms with E-state index in [1.165, 1.54) is 29.2 Å². The summed E-state index contributed by atoms with van der Waals surface area (Å²) in [6, 6.07) is 4.87. The fourth-order valence-electron chi connectivity index (χ4n) is 1.65. The van der Waals surface area contributed by atoms with Gasteiger partial charge in [0.05, 0.1) is 0 Å². The quantitative estimate of drug-likeness (QED) is 0.919. The van der Waals surface area contributed by atoms with Crippen LogP contribution in [0, 0.1) is 12.7 Å². The van der Waals surface area contributed by atoms with E-state index in [4.69, 9.17) is 5.73 Å². The summed E-state index contributed by atoms with van der Waals surface area (Å²) in [7, 11) is 0. The molecule has 0 bridgehead atoms. The second-order valence-corrected chi connectivity index (χ2v) is 6.78. The van der Waals surface area contributed by atoms with E-state index >= 15 is 0 Å². The predicted octanol–water partition coefficient (Wildman–Crippen LogP) is 3.42. The Balaban J connectivity index is 2.23. The third-order valence-corrected chi connectivity index (χ3v) is 4.74. The summed E-state index contributed by atoms with van der Waals surface area (Å²) in [4.78, 5) is 1.00. The standard InChI is InChI=1S/C13H16FN3S2/c1-3-11(15)7-9-6-10(14)4-5-12(9)19-13-17-16-8(2)18-13/h4-6,11H,3,7,15H2,1-2H3. The molecule has 2 N–H and O–H groups in total. The van der Waals surface area contributed by atoms with Gasteiger partial charge in [0.1, 0.15) is 10.8 Å². The summed E-state index contributed by atoms with van der Waals surface area (Å²) in [6.45, 7) is 3.95. The number of nitrogens with zero attached hydrogens (tertiary/aromatic N) is 2. The molecule has 3 nitrogen and oxygen atoms in total. The Labute approximate surface area is 120 Å².